The number of pyridine rings is 1. The lowest BCUT2D eigenvalue weighted by Crippen LogP contribution is -2.16. The fourth-order valence-corrected chi connectivity index (χ4v) is 2.28. The number of H-pyrrole nitrogens is 1. The number of aromatic amines is 1. The number of aromatic carboxylic acids is 1. The van der Waals surface area contributed by atoms with E-state index in [4.69, 9.17) is 5.11 Å². The number of aromatic hydroxyl groups is 1. The average molecular weight is 263 g/mol. The van der Waals surface area contributed by atoms with E-state index in [1.807, 2.05) is 0 Å². The number of carbonyl (C=O) groups is 1. The fourth-order valence-electron chi connectivity index (χ4n) is 2.28. The van der Waals surface area contributed by atoms with Gasteiger partial charge in [0.2, 0.25) is 5.43 Å². The second-order valence-corrected chi connectivity index (χ2v) is 4.65. The van der Waals surface area contributed by atoms with Crippen LogP contribution in [0.2, 0.25) is 0 Å². The molecular weight excluding hydrogens is 253 g/mol. The van der Waals surface area contributed by atoms with E-state index in [9.17, 15) is 19.1 Å². The Hall–Kier alpha value is -2.37. The Morgan fingerprint density at radius 2 is 2.11 bits per heavy atom. The lowest BCUT2D eigenvalue weighted by atomic mass is 10.0. The molecule has 98 valence electrons. The van der Waals surface area contributed by atoms with Crippen molar-refractivity contribution in [2.24, 2.45) is 0 Å². The summed E-state index contributed by atoms with van der Waals surface area (Å²) in [7, 11) is 0. The van der Waals surface area contributed by atoms with Gasteiger partial charge in [0.25, 0.3) is 0 Å². The number of benzene rings is 1. The number of aromatic nitrogens is 1. The van der Waals surface area contributed by atoms with Gasteiger partial charge in [-0.1, -0.05) is 0 Å². The molecule has 1 aromatic carbocycles. The van der Waals surface area contributed by atoms with Crippen molar-refractivity contribution in [2.45, 2.75) is 18.8 Å². The van der Waals surface area contributed by atoms with E-state index in [-0.39, 0.29) is 11.3 Å². The lowest BCUT2D eigenvalue weighted by Gasteiger charge is -2.09. The second kappa shape index (κ2) is 3.81. The van der Waals surface area contributed by atoms with Crippen LogP contribution >= 0.6 is 0 Å². The number of nitrogens with one attached hydrogen (secondary N) is 1. The fraction of sp³-hybridized carbons (Fsp3) is 0.231. The molecule has 0 saturated heterocycles. The van der Waals surface area contributed by atoms with Crippen molar-refractivity contribution < 1.29 is 19.4 Å². The van der Waals surface area contributed by atoms with Crippen LogP contribution in [0.15, 0.2) is 17.1 Å². The molecule has 19 heavy (non-hydrogen) atoms. The van der Waals surface area contributed by atoms with Crippen molar-refractivity contribution in [3.8, 4) is 5.75 Å². The highest BCUT2D eigenvalue weighted by Crippen LogP contribution is 2.47. The number of hydrogen-bond donors (Lipinski definition) is 3. The Bertz CT molecular complexity index is 761. The van der Waals surface area contributed by atoms with Crippen molar-refractivity contribution in [3.63, 3.8) is 0 Å². The lowest BCUT2D eigenvalue weighted by molar-refractivity contribution is 0.0695. The molecular formula is C13H10FNO4. The summed E-state index contributed by atoms with van der Waals surface area (Å²) in [6.07, 6.45) is 2.71. The number of phenols is 1. The molecule has 1 aliphatic carbocycles. The van der Waals surface area contributed by atoms with Crippen molar-refractivity contribution in [1.29, 1.82) is 0 Å². The van der Waals surface area contributed by atoms with E-state index in [2.05, 4.69) is 4.98 Å². The van der Waals surface area contributed by atoms with Crippen molar-refractivity contribution in [3.05, 3.63) is 39.4 Å². The molecule has 3 N–H and O–H groups in total. The summed E-state index contributed by atoms with van der Waals surface area (Å²) in [6.45, 7) is 0. The summed E-state index contributed by atoms with van der Waals surface area (Å²) >= 11 is 0. The second-order valence-electron chi connectivity index (χ2n) is 4.65. The molecule has 3 rings (SSSR count). The Morgan fingerprint density at radius 3 is 2.68 bits per heavy atom. The highest BCUT2D eigenvalue weighted by molar-refractivity contribution is 5.94. The van der Waals surface area contributed by atoms with Crippen molar-refractivity contribution in [1.82, 2.24) is 4.98 Å². The highest BCUT2D eigenvalue weighted by Gasteiger charge is 2.31. The summed E-state index contributed by atoms with van der Waals surface area (Å²) in [5.74, 6) is -2.72. The Kier molecular flexibility index (Phi) is 2.35. The van der Waals surface area contributed by atoms with Gasteiger partial charge in [-0.3, -0.25) is 4.79 Å². The number of rotatable bonds is 2. The Labute approximate surface area is 106 Å². The van der Waals surface area contributed by atoms with E-state index in [0.717, 1.165) is 25.1 Å². The standard InChI is InChI=1S/C13H10FNO4/c14-8-3-6-10(9(12(8)17)5-1-2-5)15-4-7(11(6)16)13(18)19/h3-5,17H,1-2H2,(H,15,16)(H,18,19). The normalized spacial score (nSPS) is 14.8. The Morgan fingerprint density at radius 1 is 1.42 bits per heavy atom. The molecule has 6 heteroatoms. The van der Waals surface area contributed by atoms with Crippen LogP contribution in [0.25, 0.3) is 10.9 Å². The number of carboxylic acids is 1. The maximum Gasteiger partial charge on any atom is 0.341 e. The molecule has 0 spiro atoms. The zero-order valence-electron chi connectivity index (χ0n) is 9.74. The first-order chi connectivity index (χ1) is 9.00. The third-order valence-electron chi connectivity index (χ3n) is 3.36. The Balaban J connectivity index is 2.43. The molecule has 1 aromatic heterocycles. The maximum absolute atomic E-state index is 13.7. The van der Waals surface area contributed by atoms with Crippen LogP contribution in [0.5, 0.6) is 5.75 Å². The highest BCUT2D eigenvalue weighted by atomic mass is 19.1. The van der Waals surface area contributed by atoms with E-state index < -0.39 is 28.5 Å². The molecule has 0 amide bonds. The number of hydrogen-bond acceptors (Lipinski definition) is 3. The molecule has 0 atom stereocenters. The summed E-state index contributed by atoms with van der Waals surface area (Å²) < 4.78 is 13.7. The van der Waals surface area contributed by atoms with E-state index >= 15 is 0 Å². The molecule has 5 nitrogen and oxygen atoms in total. The maximum atomic E-state index is 13.7. The van der Waals surface area contributed by atoms with E-state index in [0.29, 0.717) is 11.1 Å². The van der Waals surface area contributed by atoms with Gasteiger partial charge in [0, 0.05) is 17.1 Å². The van der Waals surface area contributed by atoms with Crippen LogP contribution in [-0.2, 0) is 0 Å². The van der Waals surface area contributed by atoms with Crippen LogP contribution in [-0.4, -0.2) is 21.2 Å². The number of fused-ring (bicyclic) bond motifs is 1. The first-order valence-corrected chi connectivity index (χ1v) is 5.80. The van der Waals surface area contributed by atoms with E-state index in [1.54, 1.807) is 0 Å². The summed E-state index contributed by atoms with van der Waals surface area (Å²) in [4.78, 5) is 25.6. The van der Waals surface area contributed by atoms with Crippen molar-refractivity contribution in [2.75, 3.05) is 0 Å². The predicted molar refractivity (Wildman–Crippen MR) is 65.1 cm³/mol. The molecule has 0 unspecified atom stereocenters. The zero-order chi connectivity index (χ0) is 13.7. The van der Waals surface area contributed by atoms with Gasteiger partial charge in [0.15, 0.2) is 11.6 Å². The average Bonchev–Trinajstić information content (AvgIpc) is 3.16. The van der Waals surface area contributed by atoms with Crippen LogP contribution < -0.4 is 5.43 Å². The molecule has 1 aliphatic rings. The molecule has 1 fully saturated rings. The van der Waals surface area contributed by atoms with Gasteiger partial charge in [0.1, 0.15) is 5.56 Å². The molecule has 0 aliphatic heterocycles. The largest absolute Gasteiger partial charge is 0.505 e. The molecule has 1 saturated carbocycles. The van der Waals surface area contributed by atoms with Gasteiger partial charge in [0.05, 0.1) is 5.52 Å². The number of carboxylic acid groups (broad SMARTS) is 1. The molecule has 2 aromatic rings. The number of halogens is 1. The van der Waals surface area contributed by atoms with Crippen LogP contribution in [0.3, 0.4) is 0 Å². The first-order valence-electron chi connectivity index (χ1n) is 5.80. The third-order valence-corrected chi connectivity index (χ3v) is 3.36. The predicted octanol–water partition coefficient (Wildman–Crippen LogP) is 1.95. The quantitative estimate of drug-likeness (QED) is 0.772. The van der Waals surface area contributed by atoms with Gasteiger partial charge >= 0.3 is 5.97 Å². The minimum Gasteiger partial charge on any atom is -0.505 e. The van der Waals surface area contributed by atoms with Gasteiger partial charge in [-0.2, -0.15) is 0 Å². The van der Waals surface area contributed by atoms with Gasteiger partial charge in [-0.15, -0.1) is 0 Å². The minimum absolute atomic E-state index is 0.0181. The van der Waals surface area contributed by atoms with Gasteiger partial charge in [-0.25, -0.2) is 9.18 Å². The molecule has 0 bridgehead atoms. The van der Waals surface area contributed by atoms with Gasteiger partial charge in [-0.05, 0) is 24.8 Å². The monoisotopic (exact) mass is 263 g/mol. The smallest absolute Gasteiger partial charge is 0.341 e. The molecule has 1 heterocycles. The van der Waals surface area contributed by atoms with E-state index in [1.165, 1.54) is 0 Å². The summed E-state index contributed by atoms with van der Waals surface area (Å²) in [5.41, 5.74) is -0.512. The molecule has 0 radical (unpaired) electrons. The number of phenolic OH excluding ortho intramolecular Hbond substituents is 1. The topological polar surface area (TPSA) is 90.4 Å². The van der Waals surface area contributed by atoms with Crippen LogP contribution in [0.4, 0.5) is 4.39 Å². The zero-order valence-corrected chi connectivity index (χ0v) is 9.74. The summed E-state index contributed by atoms with van der Waals surface area (Å²) in [6, 6.07) is 0.877. The van der Waals surface area contributed by atoms with Gasteiger partial charge < -0.3 is 15.2 Å². The van der Waals surface area contributed by atoms with Crippen LogP contribution in [0, 0.1) is 5.82 Å². The first kappa shape index (κ1) is 11.7. The third kappa shape index (κ3) is 1.68. The van der Waals surface area contributed by atoms with Crippen LogP contribution in [0.1, 0.15) is 34.7 Å². The summed E-state index contributed by atoms with van der Waals surface area (Å²) in [5, 5.41) is 18.6. The SMILES string of the molecule is O=C(O)c1c[nH]c2c(C3CC3)c(O)c(F)cc2c1=O. The van der Waals surface area contributed by atoms with Crippen molar-refractivity contribution >= 4 is 16.9 Å². The minimum atomic E-state index is -1.37.